The molecule has 28 heavy (non-hydrogen) atoms. The molecule has 1 fully saturated rings. The van der Waals surface area contributed by atoms with E-state index in [9.17, 15) is 0 Å². The highest BCUT2D eigenvalue weighted by molar-refractivity contribution is 5.77. The number of nitrogens with zero attached hydrogens (tertiary/aromatic N) is 2. The molecule has 0 aliphatic carbocycles. The van der Waals surface area contributed by atoms with Crippen molar-refractivity contribution >= 4 is 23.0 Å². The van der Waals surface area contributed by atoms with Gasteiger partial charge in [-0.1, -0.05) is 0 Å². The summed E-state index contributed by atoms with van der Waals surface area (Å²) >= 11 is 0. The Bertz CT molecular complexity index is 787. The minimum absolute atomic E-state index is 0.0462. The van der Waals surface area contributed by atoms with Crippen LogP contribution >= 0.6 is 0 Å². The molecule has 1 saturated heterocycles. The molecule has 1 aromatic carbocycles. The molecule has 2 aromatic rings. The summed E-state index contributed by atoms with van der Waals surface area (Å²) in [6.07, 6.45) is 3.51. The van der Waals surface area contributed by atoms with Gasteiger partial charge in [0.2, 0.25) is 0 Å². The Morgan fingerprint density at radius 1 is 1.07 bits per heavy atom. The molecular weight excluding hydrogens is 352 g/mol. The van der Waals surface area contributed by atoms with Crippen LogP contribution in [-0.2, 0) is 0 Å². The van der Waals surface area contributed by atoms with E-state index in [1.54, 1.807) is 0 Å². The van der Waals surface area contributed by atoms with Gasteiger partial charge in [-0.15, -0.1) is 0 Å². The monoisotopic (exact) mass is 384 g/mol. The third-order valence-corrected chi connectivity index (χ3v) is 4.84. The van der Waals surface area contributed by atoms with Gasteiger partial charge in [0, 0.05) is 22.8 Å². The molecule has 0 bridgehead atoms. The largest absolute Gasteiger partial charge is 0.494 e. The first-order valence-electron chi connectivity index (χ1n) is 9.84. The number of nitrogens with two attached hydrogens (primary N) is 1. The molecule has 0 unspecified atom stereocenters. The lowest BCUT2D eigenvalue weighted by molar-refractivity contribution is 0.170. The number of nitrogens with one attached hydrogen (secondary N) is 3. The van der Waals surface area contributed by atoms with E-state index in [4.69, 9.17) is 10.5 Å². The second kappa shape index (κ2) is 7.83. The quantitative estimate of drug-likeness (QED) is 0.599. The molecule has 2 heterocycles. The van der Waals surface area contributed by atoms with E-state index in [-0.39, 0.29) is 17.1 Å². The van der Waals surface area contributed by atoms with Gasteiger partial charge in [-0.25, -0.2) is 9.97 Å². The second-order valence-electron chi connectivity index (χ2n) is 8.71. The maximum absolute atomic E-state index is 6.37. The summed E-state index contributed by atoms with van der Waals surface area (Å²) in [6, 6.07) is 8.00. The summed E-state index contributed by atoms with van der Waals surface area (Å²) < 4.78 is 5.48. The van der Waals surface area contributed by atoms with Crippen LogP contribution in [0.2, 0.25) is 0 Å². The minimum atomic E-state index is 0.0462. The SMILES string of the molecule is CCOc1ccc(Nc2ncnc(NC3CC(C)(C)NC(C)(C)C3)c2N)cc1. The summed E-state index contributed by atoms with van der Waals surface area (Å²) in [5.41, 5.74) is 7.87. The van der Waals surface area contributed by atoms with Crippen molar-refractivity contribution in [1.29, 1.82) is 0 Å². The van der Waals surface area contributed by atoms with E-state index >= 15 is 0 Å². The van der Waals surface area contributed by atoms with Crippen molar-refractivity contribution in [3.63, 3.8) is 0 Å². The first-order valence-corrected chi connectivity index (χ1v) is 9.84. The molecule has 7 heteroatoms. The smallest absolute Gasteiger partial charge is 0.159 e. The Kier molecular flexibility index (Phi) is 5.65. The Morgan fingerprint density at radius 2 is 1.68 bits per heavy atom. The fraction of sp³-hybridized carbons (Fsp3) is 0.524. The summed E-state index contributed by atoms with van der Waals surface area (Å²) in [6.45, 7) is 11.5. The predicted octanol–water partition coefficient (Wildman–Crippen LogP) is 3.92. The van der Waals surface area contributed by atoms with Crippen LogP contribution in [0.1, 0.15) is 47.5 Å². The molecule has 0 atom stereocenters. The van der Waals surface area contributed by atoms with Crippen LogP contribution in [0.3, 0.4) is 0 Å². The van der Waals surface area contributed by atoms with Gasteiger partial charge in [0.15, 0.2) is 11.6 Å². The number of nitrogen functional groups attached to an aromatic ring is 1. The van der Waals surface area contributed by atoms with Gasteiger partial charge in [-0.2, -0.15) is 0 Å². The van der Waals surface area contributed by atoms with Crippen LogP contribution < -0.4 is 26.4 Å². The highest BCUT2D eigenvalue weighted by atomic mass is 16.5. The third-order valence-electron chi connectivity index (χ3n) is 4.84. The van der Waals surface area contributed by atoms with E-state index in [1.165, 1.54) is 6.33 Å². The fourth-order valence-electron chi connectivity index (χ4n) is 4.17. The number of hydrogen-bond donors (Lipinski definition) is 4. The van der Waals surface area contributed by atoms with Crippen LogP contribution in [0.15, 0.2) is 30.6 Å². The molecule has 0 saturated carbocycles. The molecule has 1 aliphatic heterocycles. The lowest BCUT2D eigenvalue weighted by atomic mass is 9.79. The molecule has 1 aliphatic rings. The Morgan fingerprint density at radius 3 is 2.29 bits per heavy atom. The molecule has 1 aromatic heterocycles. The molecule has 0 radical (unpaired) electrons. The number of anilines is 4. The van der Waals surface area contributed by atoms with Crippen molar-refractivity contribution < 1.29 is 4.74 Å². The summed E-state index contributed by atoms with van der Waals surface area (Å²) in [4.78, 5) is 8.69. The van der Waals surface area contributed by atoms with E-state index < -0.39 is 0 Å². The van der Waals surface area contributed by atoms with Gasteiger partial charge in [0.05, 0.1) is 6.61 Å². The van der Waals surface area contributed by atoms with Crippen molar-refractivity contribution in [1.82, 2.24) is 15.3 Å². The lowest BCUT2D eigenvalue weighted by Gasteiger charge is -2.46. The topological polar surface area (TPSA) is 97.1 Å². The fourth-order valence-corrected chi connectivity index (χ4v) is 4.17. The van der Waals surface area contributed by atoms with Crippen molar-refractivity contribution in [3.8, 4) is 5.75 Å². The van der Waals surface area contributed by atoms with E-state index in [0.29, 0.717) is 23.9 Å². The summed E-state index contributed by atoms with van der Waals surface area (Å²) in [7, 11) is 0. The molecule has 3 rings (SSSR count). The summed E-state index contributed by atoms with van der Waals surface area (Å²) in [5, 5.41) is 10.5. The number of benzene rings is 1. The molecule has 7 nitrogen and oxygen atoms in total. The van der Waals surface area contributed by atoms with Crippen molar-refractivity contribution in [2.45, 2.75) is 64.6 Å². The Hall–Kier alpha value is -2.54. The Balaban J connectivity index is 1.74. The number of ether oxygens (including phenoxy) is 1. The van der Waals surface area contributed by atoms with Gasteiger partial charge in [-0.3, -0.25) is 0 Å². The molecule has 5 N–H and O–H groups in total. The number of aromatic nitrogens is 2. The normalized spacial score (nSPS) is 18.5. The molecule has 0 amide bonds. The van der Waals surface area contributed by atoms with E-state index in [0.717, 1.165) is 24.3 Å². The molecule has 0 spiro atoms. The van der Waals surface area contributed by atoms with E-state index in [1.807, 2.05) is 31.2 Å². The van der Waals surface area contributed by atoms with Crippen LogP contribution in [0, 0.1) is 0 Å². The standard InChI is InChI=1S/C21H32N6O/c1-6-28-16-9-7-14(8-10-16)25-18-17(22)19(24-13-23-18)26-15-11-20(2,3)27-21(4,5)12-15/h7-10,13,15,27H,6,11-12,22H2,1-5H3,(H2,23,24,25,26). The van der Waals surface area contributed by atoms with Gasteiger partial charge in [0.25, 0.3) is 0 Å². The highest BCUT2D eigenvalue weighted by Gasteiger charge is 2.37. The average Bonchev–Trinajstić information content (AvgIpc) is 2.57. The molecular formula is C21H32N6O. The predicted molar refractivity (Wildman–Crippen MR) is 115 cm³/mol. The number of rotatable bonds is 6. The van der Waals surface area contributed by atoms with Crippen LogP contribution in [-0.4, -0.2) is 33.7 Å². The van der Waals surface area contributed by atoms with Crippen LogP contribution in [0.4, 0.5) is 23.0 Å². The zero-order valence-corrected chi connectivity index (χ0v) is 17.5. The van der Waals surface area contributed by atoms with Crippen LogP contribution in [0.25, 0.3) is 0 Å². The molecule has 152 valence electrons. The minimum Gasteiger partial charge on any atom is -0.494 e. The highest BCUT2D eigenvalue weighted by Crippen LogP contribution is 2.33. The van der Waals surface area contributed by atoms with Gasteiger partial charge in [-0.05, 0) is 71.7 Å². The maximum Gasteiger partial charge on any atom is 0.159 e. The van der Waals surface area contributed by atoms with Gasteiger partial charge < -0.3 is 26.4 Å². The third kappa shape index (κ3) is 5.04. The van der Waals surface area contributed by atoms with Crippen molar-refractivity contribution in [2.75, 3.05) is 23.0 Å². The van der Waals surface area contributed by atoms with E-state index in [2.05, 4.69) is 53.6 Å². The zero-order chi connectivity index (χ0) is 20.4. The number of hydrogen-bond acceptors (Lipinski definition) is 7. The van der Waals surface area contributed by atoms with Crippen molar-refractivity contribution in [3.05, 3.63) is 30.6 Å². The van der Waals surface area contributed by atoms with Crippen LogP contribution in [0.5, 0.6) is 5.75 Å². The van der Waals surface area contributed by atoms with Gasteiger partial charge in [0.1, 0.15) is 17.8 Å². The Labute approximate surface area is 167 Å². The zero-order valence-electron chi connectivity index (χ0n) is 17.5. The first-order chi connectivity index (χ1) is 13.2. The van der Waals surface area contributed by atoms with Crippen molar-refractivity contribution in [2.24, 2.45) is 0 Å². The lowest BCUT2D eigenvalue weighted by Crippen LogP contribution is -2.60. The summed E-state index contributed by atoms with van der Waals surface area (Å²) in [5.74, 6) is 2.10. The number of piperidine rings is 1. The maximum atomic E-state index is 6.37. The van der Waals surface area contributed by atoms with Gasteiger partial charge >= 0.3 is 0 Å². The average molecular weight is 385 g/mol. The first kappa shape index (κ1) is 20.2. The second-order valence-corrected chi connectivity index (χ2v) is 8.71.